The summed E-state index contributed by atoms with van der Waals surface area (Å²) in [5.74, 6) is -1.30. The van der Waals surface area contributed by atoms with Crippen LogP contribution in [0.15, 0.2) is 18.7 Å². The van der Waals surface area contributed by atoms with Crippen molar-refractivity contribution in [2.24, 2.45) is 5.92 Å². The number of imidazole rings is 1. The van der Waals surface area contributed by atoms with Crippen LogP contribution in [0.5, 0.6) is 0 Å². The molecule has 1 aromatic heterocycles. The maximum atomic E-state index is 12.2. The molecule has 1 aliphatic heterocycles. The highest BCUT2D eigenvalue weighted by atomic mass is 16.4. The number of hydrogen-bond donors (Lipinski definition) is 2. The van der Waals surface area contributed by atoms with Crippen molar-refractivity contribution < 1.29 is 14.7 Å². The molecule has 3 atom stereocenters. The molecule has 0 bridgehead atoms. The number of carbonyl (C=O) groups excluding carboxylic acids is 1. The minimum absolute atomic E-state index is 0.0484. The predicted octanol–water partition coefficient (Wildman–Crippen LogP) is 0.776. The van der Waals surface area contributed by atoms with E-state index in [2.05, 4.69) is 10.3 Å². The van der Waals surface area contributed by atoms with Crippen LogP contribution in [-0.4, -0.2) is 50.2 Å². The van der Waals surface area contributed by atoms with Crippen molar-refractivity contribution in [2.45, 2.75) is 38.9 Å². The third-order valence-electron chi connectivity index (χ3n) is 3.75. The van der Waals surface area contributed by atoms with Gasteiger partial charge in [0.05, 0.1) is 12.2 Å². The highest BCUT2D eigenvalue weighted by Crippen LogP contribution is 2.24. The number of urea groups is 1. The largest absolute Gasteiger partial charge is 0.481 e. The van der Waals surface area contributed by atoms with E-state index < -0.39 is 11.9 Å². The van der Waals surface area contributed by atoms with Crippen molar-refractivity contribution in [3.8, 4) is 0 Å². The Morgan fingerprint density at radius 2 is 2.30 bits per heavy atom. The summed E-state index contributed by atoms with van der Waals surface area (Å²) in [5.41, 5.74) is 0. The van der Waals surface area contributed by atoms with Gasteiger partial charge in [0.25, 0.3) is 0 Å². The standard InChI is InChI=1S/C13H20N4O3/c1-9(7-16-6-4-14-8-16)15-13(20)17-5-3-11(10(17)2)12(18)19/h4,6,8-11H,3,5,7H2,1-2H3,(H,15,20)(H,18,19). The number of nitrogens with zero attached hydrogens (tertiary/aromatic N) is 3. The zero-order valence-corrected chi connectivity index (χ0v) is 11.7. The van der Waals surface area contributed by atoms with Crippen LogP contribution in [-0.2, 0) is 11.3 Å². The van der Waals surface area contributed by atoms with Crippen LogP contribution in [0.1, 0.15) is 20.3 Å². The molecule has 0 aromatic carbocycles. The fourth-order valence-corrected chi connectivity index (χ4v) is 2.61. The maximum absolute atomic E-state index is 12.2. The lowest BCUT2D eigenvalue weighted by atomic mass is 10.0. The number of carboxylic acid groups (broad SMARTS) is 1. The Hall–Kier alpha value is -2.05. The molecule has 3 unspecified atom stereocenters. The van der Waals surface area contributed by atoms with Gasteiger partial charge in [-0.3, -0.25) is 4.79 Å². The molecule has 1 aliphatic rings. The minimum atomic E-state index is -0.834. The summed E-state index contributed by atoms with van der Waals surface area (Å²) in [6.45, 7) is 4.82. The fraction of sp³-hybridized carbons (Fsp3) is 0.615. The topological polar surface area (TPSA) is 87.5 Å². The summed E-state index contributed by atoms with van der Waals surface area (Å²) >= 11 is 0. The zero-order valence-electron chi connectivity index (χ0n) is 11.7. The van der Waals surface area contributed by atoms with Crippen LogP contribution in [0, 0.1) is 5.92 Å². The molecule has 1 fully saturated rings. The number of hydrogen-bond acceptors (Lipinski definition) is 3. The number of likely N-dealkylation sites (tertiary alicyclic amines) is 1. The molecule has 7 nitrogen and oxygen atoms in total. The van der Waals surface area contributed by atoms with Gasteiger partial charge in [0.15, 0.2) is 0 Å². The zero-order chi connectivity index (χ0) is 14.7. The van der Waals surface area contributed by atoms with Gasteiger partial charge in [-0.1, -0.05) is 0 Å². The third kappa shape index (κ3) is 3.09. The summed E-state index contributed by atoms with van der Waals surface area (Å²) in [6.07, 6.45) is 5.73. The van der Waals surface area contributed by atoms with E-state index in [1.165, 1.54) is 0 Å². The molecular formula is C13H20N4O3. The van der Waals surface area contributed by atoms with Crippen LogP contribution < -0.4 is 5.32 Å². The Balaban J connectivity index is 1.87. The molecule has 2 rings (SSSR count). The van der Waals surface area contributed by atoms with E-state index in [1.54, 1.807) is 24.3 Å². The number of amides is 2. The number of carbonyl (C=O) groups is 2. The molecular weight excluding hydrogens is 260 g/mol. The SMILES string of the molecule is CC(Cn1ccnc1)NC(=O)N1CCC(C(=O)O)C1C. The molecule has 0 aliphatic carbocycles. The van der Waals surface area contributed by atoms with Crippen molar-refractivity contribution in [2.75, 3.05) is 6.54 Å². The first-order valence-electron chi connectivity index (χ1n) is 6.74. The van der Waals surface area contributed by atoms with Gasteiger partial charge in [-0.05, 0) is 20.3 Å². The van der Waals surface area contributed by atoms with Gasteiger partial charge in [0.2, 0.25) is 0 Å². The maximum Gasteiger partial charge on any atom is 0.317 e. The number of carboxylic acids is 1. The Morgan fingerprint density at radius 3 is 2.85 bits per heavy atom. The first-order valence-corrected chi connectivity index (χ1v) is 6.74. The van der Waals surface area contributed by atoms with Gasteiger partial charge in [-0.25, -0.2) is 9.78 Å². The van der Waals surface area contributed by atoms with Gasteiger partial charge in [-0.15, -0.1) is 0 Å². The third-order valence-corrected chi connectivity index (χ3v) is 3.75. The molecule has 0 radical (unpaired) electrons. The van der Waals surface area contributed by atoms with Crippen molar-refractivity contribution in [3.05, 3.63) is 18.7 Å². The minimum Gasteiger partial charge on any atom is -0.481 e. The van der Waals surface area contributed by atoms with E-state index in [4.69, 9.17) is 5.11 Å². The molecule has 0 spiro atoms. The number of aliphatic carboxylic acids is 1. The molecule has 1 aromatic rings. The van der Waals surface area contributed by atoms with Crippen LogP contribution >= 0.6 is 0 Å². The summed E-state index contributed by atoms with van der Waals surface area (Å²) in [7, 11) is 0. The van der Waals surface area contributed by atoms with Crippen LogP contribution in [0.2, 0.25) is 0 Å². The molecule has 110 valence electrons. The van der Waals surface area contributed by atoms with E-state index in [0.29, 0.717) is 19.5 Å². The number of rotatable bonds is 4. The molecule has 0 saturated carbocycles. The van der Waals surface area contributed by atoms with E-state index in [-0.39, 0.29) is 18.1 Å². The predicted molar refractivity (Wildman–Crippen MR) is 72.1 cm³/mol. The Bertz CT molecular complexity index is 474. The van der Waals surface area contributed by atoms with Gasteiger partial charge in [0, 0.05) is 37.6 Å². The lowest BCUT2D eigenvalue weighted by Crippen LogP contribution is -2.47. The summed E-state index contributed by atoms with van der Waals surface area (Å²) in [5, 5.41) is 12.0. The molecule has 2 N–H and O–H groups in total. The number of aromatic nitrogens is 2. The molecule has 1 saturated heterocycles. The molecule has 2 amide bonds. The lowest BCUT2D eigenvalue weighted by Gasteiger charge is -2.25. The van der Waals surface area contributed by atoms with Crippen molar-refractivity contribution in [3.63, 3.8) is 0 Å². The first kappa shape index (κ1) is 14.4. The quantitative estimate of drug-likeness (QED) is 0.853. The Morgan fingerprint density at radius 1 is 1.55 bits per heavy atom. The lowest BCUT2D eigenvalue weighted by molar-refractivity contribution is -0.142. The van der Waals surface area contributed by atoms with Gasteiger partial charge in [-0.2, -0.15) is 0 Å². The smallest absolute Gasteiger partial charge is 0.317 e. The summed E-state index contributed by atoms with van der Waals surface area (Å²) in [4.78, 5) is 28.8. The molecule has 7 heteroatoms. The van der Waals surface area contributed by atoms with E-state index in [9.17, 15) is 9.59 Å². The van der Waals surface area contributed by atoms with Crippen molar-refractivity contribution >= 4 is 12.0 Å². The van der Waals surface area contributed by atoms with Crippen LogP contribution in [0.3, 0.4) is 0 Å². The number of nitrogens with one attached hydrogen (secondary N) is 1. The van der Waals surface area contributed by atoms with Crippen LogP contribution in [0.25, 0.3) is 0 Å². The van der Waals surface area contributed by atoms with E-state index >= 15 is 0 Å². The van der Waals surface area contributed by atoms with Crippen molar-refractivity contribution in [1.29, 1.82) is 0 Å². The van der Waals surface area contributed by atoms with E-state index in [0.717, 1.165) is 0 Å². The first-order chi connectivity index (χ1) is 9.49. The Kier molecular flexibility index (Phi) is 4.26. The molecule has 2 heterocycles. The second-order valence-corrected chi connectivity index (χ2v) is 5.28. The van der Waals surface area contributed by atoms with Crippen LogP contribution in [0.4, 0.5) is 4.79 Å². The Labute approximate surface area is 117 Å². The van der Waals surface area contributed by atoms with Gasteiger partial charge < -0.3 is 19.9 Å². The fourth-order valence-electron chi connectivity index (χ4n) is 2.61. The van der Waals surface area contributed by atoms with Crippen molar-refractivity contribution in [1.82, 2.24) is 19.8 Å². The van der Waals surface area contributed by atoms with E-state index in [1.807, 2.05) is 17.7 Å². The highest BCUT2D eigenvalue weighted by molar-refractivity contribution is 5.78. The second-order valence-electron chi connectivity index (χ2n) is 5.28. The second kappa shape index (κ2) is 5.94. The average Bonchev–Trinajstić information content (AvgIpc) is 2.97. The van der Waals surface area contributed by atoms with Gasteiger partial charge >= 0.3 is 12.0 Å². The normalized spacial score (nSPS) is 23.6. The summed E-state index contributed by atoms with van der Waals surface area (Å²) < 4.78 is 1.89. The monoisotopic (exact) mass is 280 g/mol. The van der Waals surface area contributed by atoms with Gasteiger partial charge in [0.1, 0.15) is 0 Å². The average molecular weight is 280 g/mol. The molecule has 20 heavy (non-hydrogen) atoms. The highest BCUT2D eigenvalue weighted by Gasteiger charge is 2.38. The summed E-state index contributed by atoms with van der Waals surface area (Å²) in [6, 6.07) is -0.519.